The number of thiophene rings is 1. The summed E-state index contributed by atoms with van der Waals surface area (Å²) in [6.45, 7) is 8.32. The Morgan fingerprint density at radius 2 is 1.85 bits per heavy atom. The molecule has 0 aliphatic carbocycles. The van der Waals surface area contributed by atoms with Gasteiger partial charge in [-0.1, -0.05) is 18.2 Å². The molecule has 1 aromatic carbocycles. The lowest BCUT2D eigenvalue weighted by Crippen LogP contribution is -2.51. The SMILES string of the molecule is Cc1cccc(N2CCN(CC(=O)NC(=O)NCc3cccs3)CC2)c1C. The van der Waals surface area contributed by atoms with Crippen molar-refractivity contribution in [3.05, 3.63) is 51.7 Å². The van der Waals surface area contributed by atoms with Crippen molar-refractivity contribution in [3.8, 4) is 0 Å². The van der Waals surface area contributed by atoms with Crippen molar-refractivity contribution in [2.24, 2.45) is 0 Å². The summed E-state index contributed by atoms with van der Waals surface area (Å²) < 4.78 is 0. The van der Waals surface area contributed by atoms with Crippen molar-refractivity contribution in [2.45, 2.75) is 20.4 Å². The average Bonchev–Trinajstić information content (AvgIpc) is 3.17. The summed E-state index contributed by atoms with van der Waals surface area (Å²) in [7, 11) is 0. The highest BCUT2D eigenvalue weighted by atomic mass is 32.1. The van der Waals surface area contributed by atoms with E-state index in [1.807, 2.05) is 17.5 Å². The number of benzene rings is 1. The van der Waals surface area contributed by atoms with Crippen LogP contribution in [0.15, 0.2) is 35.7 Å². The molecule has 1 saturated heterocycles. The number of urea groups is 1. The van der Waals surface area contributed by atoms with Gasteiger partial charge in [0.25, 0.3) is 0 Å². The van der Waals surface area contributed by atoms with Crippen molar-refractivity contribution in [2.75, 3.05) is 37.6 Å². The second-order valence-corrected chi connectivity index (χ2v) is 7.82. The first kappa shape index (κ1) is 19.4. The fourth-order valence-electron chi connectivity index (χ4n) is 3.22. The molecule has 3 rings (SSSR count). The molecule has 3 amide bonds. The molecule has 0 saturated carbocycles. The summed E-state index contributed by atoms with van der Waals surface area (Å²) in [5, 5.41) is 7.07. The van der Waals surface area contributed by atoms with Crippen LogP contribution in [-0.4, -0.2) is 49.6 Å². The summed E-state index contributed by atoms with van der Waals surface area (Å²) in [4.78, 5) is 29.4. The second-order valence-electron chi connectivity index (χ2n) is 6.79. The lowest BCUT2D eigenvalue weighted by molar-refractivity contribution is -0.121. The number of hydrogen-bond acceptors (Lipinski definition) is 5. The Hall–Kier alpha value is -2.38. The normalized spacial score (nSPS) is 14.8. The van der Waals surface area contributed by atoms with E-state index in [9.17, 15) is 9.59 Å². The Bertz CT molecular complexity index is 783. The maximum absolute atomic E-state index is 12.1. The van der Waals surface area contributed by atoms with Crippen LogP contribution in [0, 0.1) is 13.8 Å². The summed E-state index contributed by atoms with van der Waals surface area (Å²) >= 11 is 1.57. The van der Waals surface area contributed by atoms with E-state index in [2.05, 4.69) is 52.5 Å². The van der Waals surface area contributed by atoms with E-state index < -0.39 is 6.03 Å². The van der Waals surface area contributed by atoms with Crippen LogP contribution in [0.1, 0.15) is 16.0 Å². The van der Waals surface area contributed by atoms with Crippen LogP contribution in [0.5, 0.6) is 0 Å². The predicted molar refractivity (Wildman–Crippen MR) is 109 cm³/mol. The van der Waals surface area contributed by atoms with Crippen molar-refractivity contribution < 1.29 is 9.59 Å². The van der Waals surface area contributed by atoms with Gasteiger partial charge in [-0.05, 0) is 42.5 Å². The highest BCUT2D eigenvalue weighted by Crippen LogP contribution is 2.23. The average molecular weight is 387 g/mol. The number of nitrogens with zero attached hydrogens (tertiary/aromatic N) is 2. The maximum atomic E-state index is 12.1. The molecule has 2 heterocycles. The van der Waals surface area contributed by atoms with Crippen LogP contribution in [-0.2, 0) is 11.3 Å². The number of amides is 3. The van der Waals surface area contributed by atoms with E-state index in [-0.39, 0.29) is 12.5 Å². The molecule has 6 nitrogen and oxygen atoms in total. The number of piperazine rings is 1. The summed E-state index contributed by atoms with van der Waals surface area (Å²) in [5.74, 6) is -0.265. The van der Waals surface area contributed by atoms with Crippen LogP contribution in [0.4, 0.5) is 10.5 Å². The molecule has 7 heteroatoms. The maximum Gasteiger partial charge on any atom is 0.321 e. The molecule has 27 heavy (non-hydrogen) atoms. The fourth-order valence-corrected chi connectivity index (χ4v) is 3.86. The number of aryl methyl sites for hydroxylation is 1. The van der Waals surface area contributed by atoms with Crippen LogP contribution in [0.25, 0.3) is 0 Å². The van der Waals surface area contributed by atoms with Gasteiger partial charge in [-0.15, -0.1) is 11.3 Å². The minimum absolute atomic E-state index is 0.243. The van der Waals surface area contributed by atoms with Gasteiger partial charge in [0.05, 0.1) is 13.1 Å². The molecule has 1 aliphatic rings. The van der Waals surface area contributed by atoms with E-state index in [0.717, 1.165) is 31.1 Å². The molecule has 0 atom stereocenters. The first-order chi connectivity index (χ1) is 13.0. The third-order valence-electron chi connectivity index (χ3n) is 4.91. The molecule has 1 fully saturated rings. The highest BCUT2D eigenvalue weighted by molar-refractivity contribution is 7.09. The molecule has 0 bridgehead atoms. The van der Waals surface area contributed by atoms with Crippen molar-refractivity contribution in [1.82, 2.24) is 15.5 Å². The summed E-state index contributed by atoms with van der Waals surface area (Å²) in [6.07, 6.45) is 0. The van der Waals surface area contributed by atoms with E-state index in [1.54, 1.807) is 11.3 Å². The van der Waals surface area contributed by atoms with Gasteiger partial charge in [0.15, 0.2) is 0 Å². The third kappa shape index (κ3) is 5.30. The zero-order valence-corrected chi connectivity index (χ0v) is 16.6. The summed E-state index contributed by atoms with van der Waals surface area (Å²) in [6, 6.07) is 9.81. The van der Waals surface area contributed by atoms with E-state index >= 15 is 0 Å². The molecule has 0 spiro atoms. The Balaban J connectivity index is 1.41. The number of imide groups is 1. The summed E-state index contributed by atoms with van der Waals surface area (Å²) in [5.41, 5.74) is 3.88. The molecular weight excluding hydrogens is 360 g/mol. The van der Waals surface area contributed by atoms with Crippen LogP contribution >= 0.6 is 11.3 Å². The van der Waals surface area contributed by atoms with Gasteiger partial charge in [-0.25, -0.2) is 4.79 Å². The van der Waals surface area contributed by atoms with Gasteiger partial charge in [0.2, 0.25) is 5.91 Å². The Kier molecular flexibility index (Phi) is 6.47. The van der Waals surface area contributed by atoms with Crippen molar-refractivity contribution in [3.63, 3.8) is 0 Å². The molecule has 0 unspecified atom stereocenters. The zero-order chi connectivity index (χ0) is 19.2. The van der Waals surface area contributed by atoms with Gasteiger partial charge in [0, 0.05) is 36.7 Å². The Morgan fingerprint density at radius 1 is 1.07 bits per heavy atom. The van der Waals surface area contributed by atoms with E-state index in [4.69, 9.17) is 0 Å². The number of anilines is 1. The number of nitrogens with one attached hydrogen (secondary N) is 2. The predicted octanol–water partition coefficient (Wildman–Crippen LogP) is 2.51. The number of carbonyl (C=O) groups excluding carboxylic acids is 2. The zero-order valence-electron chi connectivity index (χ0n) is 15.8. The standard InChI is InChI=1S/C20H26N4O2S/c1-15-5-3-7-18(16(15)2)24-10-8-23(9-11-24)14-19(25)22-20(26)21-13-17-6-4-12-27-17/h3-7,12H,8-11,13-14H2,1-2H3,(H2,21,22,25,26). The van der Waals surface area contributed by atoms with E-state index in [0.29, 0.717) is 6.54 Å². The second kappa shape index (κ2) is 9.01. The molecule has 1 aliphatic heterocycles. The number of rotatable bonds is 5. The number of carbonyl (C=O) groups is 2. The molecule has 0 radical (unpaired) electrons. The smallest absolute Gasteiger partial charge is 0.321 e. The highest BCUT2D eigenvalue weighted by Gasteiger charge is 2.21. The topological polar surface area (TPSA) is 64.7 Å². The quantitative estimate of drug-likeness (QED) is 0.829. The van der Waals surface area contributed by atoms with Gasteiger partial charge in [-0.3, -0.25) is 15.0 Å². The largest absolute Gasteiger partial charge is 0.369 e. The van der Waals surface area contributed by atoms with Crippen LogP contribution < -0.4 is 15.5 Å². The van der Waals surface area contributed by atoms with Crippen molar-refractivity contribution >= 4 is 29.0 Å². The monoisotopic (exact) mass is 386 g/mol. The van der Waals surface area contributed by atoms with E-state index in [1.165, 1.54) is 16.8 Å². The molecule has 1 aromatic heterocycles. The molecule has 2 N–H and O–H groups in total. The van der Waals surface area contributed by atoms with Gasteiger partial charge in [-0.2, -0.15) is 0 Å². The van der Waals surface area contributed by atoms with Gasteiger partial charge >= 0.3 is 6.03 Å². The number of hydrogen-bond donors (Lipinski definition) is 2. The van der Waals surface area contributed by atoms with Crippen molar-refractivity contribution in [1.29, 1.82) is 0 Å². The van der Waals surface area contributed by atoms with Crippen LogP contribution in [0.2, 0.25) is 0 Å². The first-order valence-corrected chi connectivity index (χ1v) is 10.0. The Morgan fingerprint density at radius 3 is 2.56 bits per heavy atom. The Labute approximate surface area is 164 Å². The van der Waals surface area contributed by atoms with Crippen LogP contribution in [0.3, 0.4) is 0 Å². The van der Waals surface area contributed by atoms with Gasteiger partial charge < -0.3 is 10.2 Å². The minimum atomic E-state index is -0.442. The third-order valence-corrected chi connectivity index (χ3v) is 5.79. The first-order valence-electron chi connectivity index (χ1n) is 9.16. The van der Waals surface area contributed by atoms with Gasteiger partial charge in [0.1, 0.15) is 0 Å². The fraction of sp³-hybridized carbons (Fsp3) is 0.400. The molecule has 2 aromatic rings. The molecular formula is C20H26N4O2S. The molecule has 144 valence electrons. The lowest BCUT2D eigenvalue weighted by Gasteiger charge is -2.36. The minimum Gasteiger partial charge on any atom is -0.369 e. The lowest BCUT2D eigenvalue weighted by atomic mass is 10.1.